The summed E-state index contributed by atoms with van der Waals surface area (Å²) in [4.78, 5) is 2.58. The van der Waals surface area contributed by atoms with Gasteiger partial charge >= 0.3 is 0 Å². The number of thioether (sulfide) groups is 1. The minimum atomic E-state index is 0.770. The van der Waals surface area contributed by atoms with Gasteiger partial charge in [-0.2, -0.15) is 11.8 Å². The zero-order valence-electron chi connectivity index (χ0n) is 12.1. The first-order valence-corrected chi connectivity index (χ1v) is 9.49. The van der Waals surface area contributed by atoms with E-state index >= 15 is 0 Å². The van der Waals surface area contributed by atoms with E-state index in [0.29, 0.717) is 0 Å². The SMILES string of the molecule is CCC1CN(c2cc(Br)ccc2CNC2CC2)CCS1. The van der Waals surface area contributed by atoms with Crippen LogP contribution in [0.2, 0.25) is 0 Å². The molecule has 3 rings (SSSR count). The molecule has 1 aromatic carbocycles. The molecule has 4 heteroatoms. The highest BCUT2D eigenvalue weighted by atomic mass is 79.9. The third kappa shape index (κ3) is 3.71. The van der Waals surface area contributed by atoms with Gasteiger partial charge in [0, 0.05) is 46.8 Å². The van der Waals surface area contributed by atoms with Crippen molar-refractivity contribution in [3.63, 3.8) is 0 Å². The summed E-state index contributed by atoms with van der Waals surface area (Å²) in [6, 6.07) is 7.51. The van der Waals surface area contributed by atoms with Gasteiger partial charge in [-0.25, -0.2) is 0 Å². The van der Waals surface area contributed by atoms with Gasteiger partial charge in [-0.3, -0.25) is 0 Å². The lowest BCUT2D eigenvalue weighted by Gasteiger charge is -2.35. The van der Waals surface area contributed by atoms with Gasteiger partial charge in [0.25, 0.3) is 0 Å². The smallest absolute Gasteiger partial charge is 0.0423 e. The molecule has 110 valence electrons. The Morgan fingerprint density at radius 1 is 1.40 bits per heavy atom. The third-order valence-corrected chi connectivity index (χ3v) is 6.01. The van der Waals surface area contributed by atoms with Gasteiger partial charge in [-0.15, -0.1) is 0 Å². The van der Waals surface area contributed by atoms with Crippen molar-refractivity contribution in [1.29, 1.82) is 0 Å². The highest BCUT2D eigenvalue weighted by Gasteiger charge is 2.23. The van der Waals surface area contributed by atoms with E-state index in [0.717, 1.165) is 17.8 Å². The van der Waals surface area contributed by atoms with E-state index in [1.54, 1.807) is 0 Å². The molecule has 2 nitrogen and oxygen atoms in total. The van der Waals surface area contributed by atoms with E-state index < -0.39 is 0 Å². The summed E-state index contributed by atoms with van der Waals surface area (Å²) in [7, 11) is 0. The molecule has 1 saturated carbocycles. The fourth-order valence-electron chi connectivity index (χ4n) is 2.71. The number of benzene rings is 1. The summed E-state index contributed by atoms with van der Waals surface area (Å²) in [6.07, 6.45) is 3.97. The van der Waals surface area contributed by atoms with Crippen LogP contribution in [0.15, 0.2) is 22.7 Å². The standard InChI is InChI=1S/C16H23BrN2S/c1-2-15-11-19(7-8-20-15)16-9-13(17)4-3-12(16)10-18-14-5-6-14/h3-4,9,14-15,18H,2,5-8,10-11H2,1H3. The maximum absolute atomic E-state index is 3.65. The normalized spacial score (nSPS) is 23.1. The molecule has 2 aliphatic rings. The lowest BCUT2D eigenvalue weighted by atomic mass is 10.1. The maximum atomic E-state index is 3.65. The average Bonchev–Trinajstić information content (AvgIpc) is 3.30. The molecule has 0 radical (unpaired) electrons. The van der Waals surface area contributed by atoms with E-state index in [9.17, 15) is 0 Å². The molecule has 1 aromatic rings. The zero-order valence-corrected chi connectivity index (χ0v) is 14.5. The predicted octanol–water partition coefficient (Wildman–Crippen LogP) is 4.03. The van der Waals surface area contributed by atoms with Gasteiger partial charge in [0.15, 0.2) is 0 Å². The van der Waals surface area contributed by atoms with Crippen molar-refractivity contribution in [2.75, 3.05) is 23.7 Å². The largest absolute Gasteiger partial charge is 0.369 e. The Labute approximate surface area is 134 Å². The fourth-order valence-corrected chi connectivity index (χ4v) is 4.24. The molecule has 1 saturated heterocycles. The molecule has 20 heavy (non-hydrogen) atoms. The quantitative estimate of drug-likeness (QED) is 0.858. The van der Waals surface area contributed by atoms with E-state index in [4.69, 9.17) is 0 Å². The minimum absolute atomic E-state index is 0.770. The molecule has 0 bridgehead atoms. The summed E-state index contributed by atoms with van der Waals surface area (Å²) in [5, 5.41) is 4.43. The molecule has 0 spiro atoms. The number of hydrogen-bond donors (Lipinski definition) is 1. The Balaban J connectivity index is 1.76. The second-order valence-corrected chi connectivity index (χ2v) is 8.10. The molecular formula is C16H23BrN2S. The van der Waals surface area contributed by atoms with Crippen molar-refractivity contribution in [2.24, 2.45) is 0 Å². The van der Waals surface area contributed by atoms with Crippen LogP contribution in [-0.2, 0) is 6.54 Å². The summed E-state index contributed by atoms with van der Waals surface area (Å²) in [5.41, 5.74) is 2.87. The minimum Gasteiger partial charge on any atom is -0.369 e. The Kier molecular flexibility index (Phi) is 4.95. The number of nitrogens with one attached hydrogen (secondary N) is 1. The van der Waals surface area contributed by atoms with Gasteiger partial charge < -0.3 is 10.2 Å². The van der Waals surface area contributed by atoms with Crippen molar-refractivity contribution in [3.05, 3.63) is 28.2 Å². The third-order valence-electron chi connectivity index (χ3n) is 4.14. The van der Waals surface area contributed by atoms with Crippen LogP contribution in [0, 0.1) is 0 Å². The van der Waals surface area contributed by atoms with E-state index in [1.807, 2.05) is 0 Å². The molecule has 1 heterocycles. The first kappa shape index (κ1) is 14.7. The van der Waals surface area contributed by atoms with Crippen LogP contribution < -0.4 is 10.2 Å². The summed E-state index contributed by atoms with van der Waals surface area (Å²) >= 11 is 5.77. The molecule has 1 atom stereocenters. The average molecular weight is 355 g/mol. The molecule has 0 aromatic heterocycles. The van der Waals surface area contributed by atoms with Crippen molar-refractivity contribution < 1.29 is 0 Å². The number of halogens is 1. The van der Waals surface area contributed by atoms with Crippen LogP contribution in [-0.4, -0.2) is 30.1 Å². The van der Waals surface area contributed by atoms with Crippen LogP contribution in [0.4, 0.5) is 5.69 Å². The van der Waals surface area contributed by atoms with Crippen molar-refractivity contribution >= 4 is 33.4 Å². The second kappa shape index (κ2) is 6.71. The number of anilines is 1. The number of hydrogen-bond acceptors (Lipinski definition) is 3. The number of nitrogens with zero attached hydrogens (tertiary/aromatic N) is 1. The predicted molar refractivity (Wildman–Crippen MR) is 92.8 cm³/mol. The van der Waals surface area contributed by atoms with Crippen LogP contribution in [0.1, 0.15) is 31.7 Å². The summed E-state index contributed by atoms with van der Waals surface area (Å²) in [6.45, 7) is 5.67. The van der Waals surface area contributed by atoms with E-state index in [2.05, 4.69) is 63.0 Å². The highest BCUT2D eigenvalue weighted by Crippen LogP contribution is 2.31. The zero-order chi connectivity index (χ0) is 13.9. The highest BCUT2D eigenvalue weighted by molar-refractivity contribution is 9.10. The van der Waals surface area contributed by atoms with Gasteiger partial charge in [-0.1, -0.05) is 28.9 Å². The molecule has 1 unspecified atom stereocenters. The summed E-state index contributed by atoms with van der Waals surface area (Å²) < 4.78 is 1.19. The second-order valence-electron chi connectivity index (χ2n) is 5.78. The van der Waals surface area contributed by atoms with Crippen molar-refractivity contribution in [3.8, 4) is 0 Å². The molecule has 0 amide bonds. The lowest BCUT2D eigenvalue weighted by molar-refractivity contribution is 0.677. The lowest BCUT2D eigenvalue weighted by Crippen LogP contribution is -2.38. The van der Waals surface area contributed by atoms with Crippen LogP contribution in [0.25, 0.3) is 0 Å². The van der Waals surface area contributed by atoms with Crippen LogP contribution >= 0.6 is 27.7 Å². The Morgan fingerprint density at radius 2 is 2.25 bits per heavy atom. The Morgan fingerprint density at radius 3 is 3.00 bits per heavy atom. The topological polar surface area (TPSA) is 15.3 Å². The van der Waals surface area contributed by atoms with E-state index in [1.165, 1.54) is 53.8 Å². The first-order valence-electron chi connectivity index (χ1n) is 7.64. The Hall–Kier alpha value is -0.190. The van der Waals surface area contributed by atoms with Gasteiger partial charge in [0.1, 0.15) is 0 Å². The maximum Gasteiger partial charge on any atom is 0.0423 e. The molecule has 1 N–H and O–H groups in total. The Bertz CT molecular complexity index is 462. The number of rotatable bonds is 5. The first-order chi connectivity index (χ1) is 9.76. The molecule has 1 aliphatic carbocycles. The summed E-state index contributed by atoms with van der Waals surface area (Å²) in [5.74, 6) is 1.25. The van der Waals surface area contributed by atoms with Crippen molar-refractivity contribution in [1.82, 2.24) is 5.32 Å². The van der Waals surface area contributed by atoms with E-state index in [-0.39, 0.29) is 0 Å². The fraction of sp³-hybridized carbons (Fsp3) is 0.625. The monoisotopic (exact) mass is 354 g/mol. The van der Waals surface area contributed by atoms with Crippen molar-refractivity contribution in [2.45, 2.75) is 44.0 Å². The van der Waals surface area contributed by atoms with Crippen LogP contribution in [0.3, 0.4) is 0 Å². The van der Waals surface area contributed by atoms with Gasteiger partial charge in [-0.05, 0) is 37.0 Å². The molecule has 1 aliphatic heterocycles. The molecular weight excluding hydrogens is 332 g/mol. The van der Waals surface area contributed by atoms with Gasteiger partial charge in [0.05, 0.1) is 0 Å². The molecule has 2 fully saturated rings. The van der Waals surface area contributed by atoms with Gasteiger partial charge in [0.2, 0.25) is 0 Å². The van der Waals surface area contributed by atoms with Crippen LogP contribution in [0.5, 0.6) is 0 Å².